The van der Waals surface area contributed by atoms with E-state index in [2.05, 4.69) is 17.2 Å². The third kappa shape index (κ3) is 4.65. The van der Waals surface area contributed by atoms with Crippen LogP contribution in [0.4, 0.5) is 18.9 Å². The Hall–Kier alpha value is -2.54. The lowest BCUT2D eigenvalue weighted by Gasteiger charge is -2.07. The first-order valence-corrected chi connectivity index (χ1v) is 9.31. The van der Waals surface area contributed by atoms with Crippen LogP contribution in [0.5, 0.6) is 0 Å². The number of carbonyl (C=O) groups is 1. The van der Waals surface area contributed by atoms with E-state index < -0.39 is 11.7 Å². The average Bonchev–Trinajstić information content (AvgIpc) is 3.07. The van der Waals surface area contributed by atoms with E-state index in [4.69, 9.17) is 11.6 Å². The highest BCUT2D eigenvalue weighted by Gasteiger charge is 2.31. The zero-order valence-corrected chi connectivity index (χ0v) is 15.9. The first-order chi connectivity index (χ1) is 13.3. The van der Waals surface area contributed by atoms with E-state index in [1.807, 2.05) is 0 Å². The van der Waals surface area contributed by atoms with Crippen molar-refractivity contribution in [1.29, 1.82) is 0 Å². The predicted molar refractivity (Wildman–Crippen MR) is 103 cm³/mol. The standard InChI is InChI=1S/C20H19ClF3N3O/c1-2-3-4-5-18(28)25-15-8-6-13(7-9-15)17-12-27-11-14(20(22,23)24)10-16(21)19(27)26-17/h6-12H,2-5H2,1H3,(H,25,28). The molecule has 1 amide bonds. The van der Waals surface area contributed by atoms with Crippen LogP contribution in [0, 0.1) is 0 Å². The Balaban J connectivity index is 1.79. The molecule has 0 spiro atoms. The number of amides is 1. The molecular formula is C20H19ClF3N3O. The van der Waals surface area contributed by atoms with Crippen molar-refractivity contribution in [2.24, 2.45) is 0 Å². The van der Waals surface area contributed by atoms with Gasteiger partial charge in [-0.05, 0) is 24.6 Å². The van der Waals surface area contributed by atoms with Gasteiger partial charge >= 0.3 is 6.18 Å². The summed E-state index contributed by atoms with van der Waals surface area (Å²) in [5.41, 5.74) is 1.26. The van der Waals surface area contributed by atoms with E-state index in [1.54, 1.807) is 24.3 Å². The molecule has 148 valence electrons. The summed E-state index contributed by atoms with van der Waals surface area (Å²) in [7, 11) is 0. The highest BCUT2D eigenvalue weighted by Crippen LogP contribution is 2.33. The van der Waals surface area contributed by atoms with Gasteiger partial charge in [-0.25, -0.2) is 4.98 Å². The number of alkyl halides is 3. The fourth-order valence-corrected chi connectivity index (χ4v) is 3.09. The van der Waals surface area contributed by atoms with Gasteiger partial charge in [-0.3, -0.25) is 4.79 Å². The number of anilines is 1. The van der Waals surface area contributed by atoms with Crippen molar-refractivity contribution in [3.8, 4) is 11.3 Å². The Morgan fingerprint density at radius 2 is 1.89 bits per heavy atom. The van der Waals surface area contributed by atoms with Crippen molar-refractivity contribution in [2.45, 2.75) is 38.8 Å². The Bertz CT molecular complexity index is 981. The molecule has 0 aliphatic carbocycles. The van der Waals surface area contributed by atoms with Gasteiger partial charge in [0.1, 0.15) is 0 Å². The maximum Gasteiger partial charge on any atom is 0.417 e. The van der Waals surface area contributed by atoms with Gasteiger partial charge in [-0.15, -0.1) is 0 Å². The van der Waals surface area contributed by atoms with Gasteiger partial charge in [0.25, 0.3) is 0 Å². The summed E-state index contributed by atoms with van der Waals surface area (Å²) in [6, 6.07) is 7.84. The molecule has 4 nitrogen and oxygen atoms in total. The van der Waals surface area contributed by atoms with Crippen molar-refractivity contribution in [1.82, 2.24) is 9.38 Å². The van der Waals surface area contributed by atoms with Crippen molar-refractivity contribution < 1.29 is 18.0 Å². The Kier molecular flexibility index (Phi) is 5.93. The molecule has 1 aromatic carbocycles. The summed E-state index contributed by atoms with van der Waals surface area (Å²) in [5.74, 6) is -0.0413. The number of nitrogens with zero attached hydrogens (tertiary/aromatic N) is 2. The largest absolute Gasteiger partial charge is 0.417 e. The van der Waals surface area contributed by atoms with Gasteiger partial charge in [-0.2, -0.15) is 13.2 Å². The van der Waals surface area contributed by atoms with Crippen LogP contribution in [0.25, 0.3) is 16.9 Å². The summed E-state index contributed by atoms with van der Waals surface area (Å²) in [5, 5.41) is 2.76. The van der Waals surface area contributed by atoms with Crippen molar-refractivity contribution in [2.75, 3.05) is 5.32 Å². The number of imidazole rings is 1. The molecule has 0 saturated carbocycles. The number of pyridine rings is 1. The zero-order valence-electron chi connectivity index (χ0n) is 15.2. The lowest BCUT2D eigenvalue weighted by Crippen LogP contribution is -2.10. The third-order valence-electron chi connectivity index (χ3n) is 4.31. The van der Waals surface area contributed by atoms with Crippen LogP contribution in [-0.2, 0) is 11.0 Å². The van der Waals surface area contributed by atoms with E-state index in [-0.39, 0.29) is 16.6 Å². The molecule has 0 radical (unpaired) electrons. The normalized spacial score (nSPS) is 11.8. The molecule has 8 heteroatoms. The van der Waals surface area contributed by atoms with Crippen LogP contribution in [0.1, 0.15) is 38.2 Å². The number of unbranched alkanes of at least 4 members (excludes halogenated alkanes) is 2. The Morgan fingerprint density at radius 1 is 1.18 bits per heavy atom. The predicted octanol–water partition coefficient (Wildman–Crippen LogP) is 6.19. The number of nitrogens with one attached hydrogen (secondary N) is 1. The molecule has 2 aromatic heterocycles. The highest BCUT2D eigenvalue weighted by atomic mass is 35.5. The van der Waals surface area contributed by atoms with Gasteiger partial charge < -0.3 is 9.72 Å². The van der Waals surface area contributed by atoms with Crippen molar-refractivity contribution in [3.05, 3.63) is 53.3 Å². The van der Waals surface area contributed by atoms with E-state index in [0.29, 0.717) is 23.4 Å². The first kappa shape index (κ1) is 20.2. The Morgan fingerprint density at radius 3 is 2.54 bits per heavy atom. The van der Waals surface area contributed by atoms with Crippen LogP contribution in [0.2, 0.25) is 5.02 Å². The molecule has 0 bridgehead atoms. The average molecular weight is 410 g/mol. The molecule has 0 saturated heterocycles. The molecule has 0 atom stereocenters. The molecule has 3 aromatic rings. The maximum absolute atomic E-state index is 12.9. The van der Waals surface area contributed by atoms with Gasteiger partial charge in [0.2, 0.25) is 5.91 Å². The topological polar surface area (TPSA) is 46.4 Å². The monoisotopic (exact) mass is 409 g/mol. The third-order valence-corrected chi connectivity index (χ3v) is 4.58. The van der Waals surface area contributed by atoms with E-state index in [1.165, 1.54) is 10.6 Å². The summed E-state index contributed by atoms with van der Waals surface area (Å²) in [6.45, 7) is 2.08. The van der Waals surface area contributed by atoms with Crippen LogP contribution >= 0.6 is 11.6 Å². The van der Waals surface area contributed by atoms with Gasteiger partial charge in [-0.1, -0.05) is 43.5 Å². The molecule has 2 heterocycles. The van der Waals surface area contributed by atoms with Gasteiger partial charge in [0, 0.05) is 30.1 Å². The summed E-state index contributed by atoms with van der Waals surface area (Å²) in [4.78, 5) is 16.2. The van der Waals surface area contributed by atoms with Crippen LogP contribution in [0.15, 0.2) is 42.7 Å². The number of fused-ring (bicyclic) bond motifs is 1. The van der Waals surface area contributed by atoms with Crippen LogP contribution in [-0.4, -0.2) is 15.3 Å². The van der Waals surface area contributed by atoms with Gasteiger partial charge in [0.15, 0.2) is 5.65 Å². The first-order valence-electron chi connectivity index (χ1n) is 8.93. The van der Waals surface area contributed by atoms with Crippen LogP contribution in [0.3, 0.4) is 0 Å². The smallest absolute Gasteiger partial charge is 0.326 e. The lowest BCUT2D eigenvalue weighted by molar-refractivity contribution is -0.137. The summed E-state index contributed by atoms with van der Waals surface area (Å²) in [6.07, 6.45) is 1.36. The number of carbonyl (C=O) groups excluding carboxylic acids is 1. The van der Waals surface area contributed by atoms with E-state index >= 15 is 0 Å². The fraction of sp³-hybridized carbons (Fsp3) is 0.300. The molecule has 0 unspecified atom stereocenters. The molecule has 0 fully saturated rings. The quantitative estimate of drug-likeness (QED) is 0.493. The second-order valence-electron chi connectivity index (χ2n) is 6.51. The molecule has 0 aliphatic heterocycles. The second kappa shape index (κ2) is 8.22. The summed E-state index contributed by atoms with van der Waals surface area (Å²) < 4.78 is 40.1. The number of rotatable bonds is 6. The van der Waals surface area contributed by atoms with Crippen LogP contribution < -0.4 is 5.32 Å². The Labute approximate surface area is 165 Å². The fourth-order valence-electron chi connectivity index (χ4n) is 2.83. The number of aromatic nitrogens is 2. The SMILES string of the molecule is CCCCCC(=O)Nc1ccc(-c2cn3cc(C(F)(F)F)cc(Cl)c3n2)cc1. The molecule has 0 aliphatic rings. The number of benzene rings is 1. The molecule has 28 heavy (non-hydrogen) atoms. The lowest BCUT2D eigenvalue weighted by atomic mass is 10.1. The zero-order chi connectivity index (χ0) is 20.3. The molecule has 3 rings (SSSR count). The minimum atomic E-state index is -4.49. The minimum Gasteiger partial charge on any atom is -0.326 e. The summed E-state index contributed by atoms with van der Waals surface area (Å²) >= 11 is 5.97. The number of hydrogen-bond acceptors (Lipinski definition) is 2. The van der Waals surface area contributed by atoms with E-state index in [0.717, 1.165) is 31.5 Å². The minimum absolute atomic E-state index is 0.0413. The number of hydrogen-bond donors (Lipinski definition) is 1. The molecule has 1 N–H and O–H groups in total. The maximum atomic E-state index is 12.9. The molecular weight excluding hydrogens is 391 g/mol. The highest BCUT2D eigenvalue weighted by molar-refractivity contribution is 6.33. The second-order valence-corrected chi connectivity index (χ2v) is 6.92. The van der Waals surface area contributed by atoms with Gasteiger partial charge in [0.05, 0.1) is 16.3 Å². The van der Waals surface area contributed by atoms with Crippen molar-refractivity contribution in [3.63, 3.8) is 0 Å². The number of halogens is 4. The van der Waals surface area contributed by atoms with E-state index in [9.17, 15) is 18.0 Å². The van der Waals surface area contributed by atoms with Crippen molar-refractivity contribution >= 4 is 28.8 Å².